The lowest BCUT2D eigenvalue weighted by molar-refractivity contribution is 0.0951. The van der Waals surface area contributed by atoms with Crippen LogP contribution in [-0.4, -0.2) is 31.6 Å². The number of nitrogens with zero attached hydrogens (tertiary/aromatic N) is 1. The first-order chi connectivity index (χ1) is 16.6. The monoisotopic (exact) mass is 456 g/mol. The topological polar surface area (TPSA) is 82.7 Å². The maximum absolute atomic E-state index is 13.1. The van der Waals surface area contributed by atoms with E-state index in [1.807, 2.05) is 18.2 Å². The molecule has 0 saturated heterocycles. The molecule has 3 N–H and O–H groups in total. The van der Waals surface area contributed by atoms with Gasteiger partial charge in [0.25, 0.3) is 5.91 Å². The molecule has 174 valence electrons. The molecule has 1 fully saturated rings. The van der Waals surface area contributed by atoms with Gasteiger partial charge in [0.05, 0.1) is 12.7 Å². The Morgan fingerprint density at radius 2 is 1.68 bits per heavy atom. The van der Waals surface area contributed by atoms with Gasteiger partial charge in [-0.25, -0.2) is 4.79 Å². The number of hydrogen-bond acceptors (Lipinski definition) is 4. The lowest BCUT2D eigenvalue weighted by atomic mass is 9.98. The number of rotatable bonds is 6. The van der Waals surface area contributed by atoms with Crippen LogP contribution in [0.3, 0.4) is 0 Å². The summed E-state index contributed by atoms with van der Waals surface area (Å²) in [4.78, 5) is 28.0. The fraction of sp³-hybridized carbons (Fsp3) is 0.259. The molecule has 0 spiro atoms. The minimum Gasteiger partial charge on any atom is -0.497 e. The summed E-state index contributed by atoms with van der Waals surface area (Å²) in [6, 6.07) is 21.0. The van der Waals surface area contributed by atoms with Crippen LogP contribution in [0, 0.1) is 0 Å². The first-order valence-electron chi connectivity index (χ1n) is 11.6. The van der Waals surface area contributed by atoms with Crippen LogP contribution in [0.5, 0.6) is 5.75 Å². The molecule has 0 unspecified atom stereocenters. The van der Waals surface area contributed by atoms with Crippen LogP contribution in [0.15, 0.2) is 66.7 Å². The van der Waals surface area contributed by atoms with Crippen molar-refractivity contribution in [3.05, 3.63) is 83.4 Å². The van der Waals surface area contributed by atoms with Crippen molar-refractivity contribution in [1.29, 1.82) is 0 Å². The third-order valence-electron chi connectivity index (χ3n) is 6.21. The van der Waals surface area contributed by atoms with Crippen molar-refractivity contribution in [1.82, 2.24) is 5.32 Å². The predicted octanol–water partition coefficient (Wildman–Crippen LogP) is 4.79. The number of methoxy groups -OCH3 is 1. The van der Waals surface area contributed by atoms with Gasteiger partial charge in [0.1, 0.15) is 5.75 Å². The van der Waals surface area contributed by atoms with E-state index in [4.69, 9.17) is 4.74 Å². The summed E-state index contributed by atoms with van der Waals surface area (Å²) < 4.78 is 5.21. The molecule has 7 nitrogen and oxygen atoms in total. The minimum atomic E-state index is -0.388. The summed E-state index contributed by atoms with van der Waals surface area (Å²) in [5, 5.41) is 8.75. The third-order valence-corrected chi connectivity index (χ3v) is 6.21. The zero-order valence-electron chi connectivity index (χ0n) is 19.1. The summed E-state index contributed by atoms with van der Waals surface area (Å²) in [5.74, 6) is 0.553. The van der Waals surface area contributed by atoms with Gasteiger partial charge in [-0.15, -0.1) is 0 Å². The predicted molar refractivity (Wildman–Crippen MR) is 134 cm³/mol. The molecule has 1 aliphatic carbocycles. The summed E-state index contributed by atoms with van der Waals surface area (Å²) in [6.45, 7) is 1.59. The molecule has 0 radical (unpaired) electrons. The maximum Gasteiger partial charge on any atom is 0.323 e. The molecule has 0 bridgehead atoms. The second-order valence-electron chi connectivity index (χ2n) is 8.73. The van der Waals surface area contributed by atoms with E-state index in [2.05, 4.69) is 45.1 Å². The number of urea groups is 1. The minimum absolute atomic E-state index is 0.104. The second kappa shape index (κ2) is 9.47. The lowest BCUT2D eigenvalue weighted by Gasteiger charge is -2.32. The number of hydrogen-bond donors (Lipinski definition) is 3. The van der Waals surface area contributed by atoms with Gasteiger partial charge >= 0.3 is 6.03 Å². The van der Waals surface area contributed by atoms with Gasteiger partial charge in [-0.2, -0.15) is 0 Å². The van der Waals surface area contributed by atoms with Crippen molar-refractivity contribution >= 4 is 29.0 Å². The van der Waals surface area contributed by atoms with Gasteiger partial charge in [-0.05, 0) is 60.7 Å². The van der Waals surface area contributed by atoms with Crippen LogP contribution in [0.1, 0.15) is 34.3 Å². The average Bonchev–Trinajstić information content (AvgIpc) is 3.67. The normalized spacial score (nSPS) is 14.7. The quantitative estimate of drug-likeness (QED) is 0.498. The summed E-state index contributed by atoms with van der Waals surface area (Å²) in [5.41, 5.74) is 5.27. The second-order valence-corrected chi connectivity index (χ2v) is 8.73. The van der Waals surface area contributed by atoms with Crippen molar-refractivity contribution in [2.75, 3.05) is 29.2 Å². The van der Waals surface area contributed by atoms with Crippen LogP contribution in [0.4, 0.5) is 21.9 Å². The molecule has 3 aromatic carbocycles. The number of carbonyl (C=O) groups is 2. The fourth-order valence-electron chi connectivity index (χ4n) is 4.26. The molecule has 5 rings (SSSR count). The van der Waals surface area contributed by atoms with Crippen molar-refractivity contribution in [2.24, 2.45) is 0 Å². The van der Waals surface area contributed by atoms with E-state index in [0.717, 1.165) is 38.0 Å². The molecule has 2 aliphatic rings. The van der Waals surface area contributed by atoms with Gasteiger partial charge in [0, 0.05) is 42.3 Å². The van der Waals surface area contributed by atoms with Crippen molar-refractivity contribution < 1.29 is 14.3 Å². The van der Waals surface area contributed by atoms with Crippen molar-refractivity contribution in [3.63, 3.8) is 0 Å². The largest absolute Gasteiger partial charge is 0.497 e. The number of fused-ring (bicyclic) bond motifs is 1. The zero-order valence-corrected chi connectivity index (χ0v) is 19.1. The summed E-state index contributed by atoms with van der Waals surface area (Å²) in [6.07, 6.45) is 2.96. The van der Waals surface area contributed by atoms with E-state index in [-0.39, 0.29) is 18.0 Å². The molecule has 0 aromatic heterocycles. The Kier molecular flexibility index (Phi) is 6.08. The number of ether oxygens (including phenoxy) is 1. The number of amides is 3. The summed E-state index contributed by atoms with van der Waals surface area (Å²) in [7, 11) is 1.58. The smallest absolute Gasteiger partial charge is 0.323 e. The Morgan fingerprint density at radius 1 is 0.912 bits per heavy atom. The molecule has 3 aromatic rings. The Hall–Kier alpha value is -4.00. The number of carbonyl (C=O) groups excluding carboxylic acids is 2. The Morgan fingerprint density at radius 3 is 2.44 bits per heavy atom. The molecular weight excluding hydrogens is 428 g/mol. The Balaban J connectivity index is 1.36. The zero-order chi connectivity index (χ0) is 23.5. The third kappa shape index (κ3) is 4.98. The maximum atomic E-state index is 13.1. The van der Waals surface area contributed by atoms with E-state index in [9.17, 15) is 9.59 Å². The molecule has 3 amide bonds. The van der Waals surface area contributed by atoms with Gasteiger partial charge in [0.15, 0.2) is 0 Å². The summed E-state index contributed by atoms with van der Waals surface area (Å²) >= 11 is 0. The highest BCUT2D eigenvalue weighted by Crippen LogP contribution is 2.30. The van der Waals surface area contributed by atoms with Crippen molar-refractivity contribution in [2.45, 2.75) is 31.8 Å². The number of anilines is 3. The van der Waals surface area contributed by atoms with Gasteiger partial charge < -0.3 is 25.6 Å². The molecule has 1 heterocycles. The molecule has 1 aliphatic heterocycles. The van der Waals surface area contributed by atoms with Crippen LogP contribution >= 0.6 is 0 Å². The van der Waals surface area contributed by atoms with Crippen LogP contribution in [0.2, 0.25) is 0 Å². The van der Waals surface area contributed by atoms with E-state index in [1.54, 1.807) is 31.4 Å². The number of benzene rings is 3. The van der Waals surface area contributed by atoms with E-state index < -0.39 is 0 Å². The molecular formula is C27H28N4O3. The van der Waals surface area contributed by atoms with Gasteiger partial charge in [-0.3, -0.25) is 4.79 Å². The van der Waals surface area contributed by atoms with Crippen molar-refractivity contribution in [3.8, 4) is 5.75 Å². The van der Waals surface area contributed by atoms with E-state index in [1.165, 1.54) is 11.1 Å². The van der Waals surface area contributed by atoms with Gasteiger partial charge in [-0.1, -0.05) is 30.3 Å². The fourth-order valence-corrected chi connectivity index (χ4v) is 4.26. The Labute approximate surface area is 199 Å². The van der Waals surface area contributed by atoms with Crippen LogP contribution < -0.4 is 25.6 Å². The first kappa shape index (κ1) is 21.8. The molecule has 1 saturated carbocycles. The molecule has 0 atom stereocenters. The SMILES string of the molecule is COc1cccc(NC(=O)Nc2ccc(N3CCc4ccccc4C3)c(C(=O)NC3CC3)c2)c1. The van der Waals surface area contributed by atoms with E-state index in [0.29, 0.717) is 22.7 Å². The highest BCUT2D eigenvalue weighted by atomic mass is 16.5. The highest BCUT2D eigenvalue weighted by molar-refractivity contribution is 6.04. The van der Waals surface area contributed by atoms with Crippen LogP contribution in [0.25, 0.3) is 0 Å². The standard InChI is InChI=1S/C27H28N4O3/c1-34-23-8-4-7-21(15-23)29-27(33)30-22-11-12-25(24(16-22)26(32)28-20-9-10-20)31-14-13-18-5-2-3-6-19(18)17-31/h2-8,11-12,15-16,20H,9-10,13-14,17H2,1H3,(H,28,32)(H2,29,30,33). The average molecular weight is 457 g/mol. The molecule has 7 heteroatoms. The lowest BCUT2D eigenvalue weighted by Crippen LogP contribution is -2.33. The first-order valence-corrected chi connectivity index (χ1v) is 11.6. The number of nitrogens with one attached hydrogen (secondary N) is 3. The van der Waals surface area contributed by atoms with Crippen LogP contribution in [-0.2, 0) is 13.0 Å². The Bertz CT molecular complexity index is 1220. The van der Waals surface area contributed by atoms with E-state index >= 15 is 0 Å². The molecule has 34 heavy (non-hydrogen) atoms. The highest BCUT2D eigenvalue weighted by Gasteiger charge is 2.27. The van der Waals surface area contributed by atoms with Gasteiger partial charge in [0.2, 0.25) is 0 Å².